The molecule has 6 heteroatoms. The van der Waals surface area contributed by atoms with Crippen molar-refractivity contribution < 1.29 is 14.5 Å². The molecule has 1 aliphatic rings. The van der Waals surface area contributed by atoms with Crippen LogP contribution in [0.1, 0.15) is 28.8 Å². The summed E-state index contributed by atoms with van der Waals surface area (Å²) in [5, 5.41) is 13.7. The molecule has 1 N–H and O–H groups in total. The monoisotopic (exact) mass is 312 g/mol. The molecule has 0 saturated heterocycles. The minimum atomic E-state index is -0.438. The largest absolute Gasteiger partial charge is 0.489 e. The molecule has 0 unspecified atom stereocenters. The summed E-state index contributed by atoms with van der Waals surface area (Å²) in [6.45, 7) is 0.204. The summed E-state index contributed by atoms with van der Waals surface area (Å²) < 4.78 is 5.64. The van der Waals surface area contributed by atoms with Gasteiger partial charge in [-0.3, -0.25) is 14.9 Å². The lowest BCUT2D eigenvalue weighted by atomic mass is 10.2. The molecule has 0 spiro atoms. The number of nitrogens with one attached hydrogen (secondary N) is 1. The quantitative estimate of drug-likeness (QED) is 0.656. The maximum absolute atomic E-state index is 12.0. The van der Waals surface area contributed by atoms with Gasteiger partial charge >= 0.3 is 0 Å². The van der Waals surface area contributed by atoms with E-state index in [0.29, 0.717) is 22.9 Å². The first-order valence-corrected chi connectivity index (χ1v) is 7.39. The molecule has 6 nitrogen and oxygen atoms in total. The molecular formula is C17H16N2O4. The van der Waals surface area contributed by atoms with Crippen LogP contribution >= 0.6 is 0 Å². The van der Waals surface area contributed by atoms with Crippen molar-refractivity contribution in [1.29, 1.82) is 0 Å². The minimum Gasteiger partial charge on any atom is -0.489 e. The Morgan fingerprint density at radius 3 is 2.74 bits per heavy atom. The smallest absolute Gasteiger partial charge is 0.269 e. The van der Waals surface area contributed by atoms with E-state index in [4.69, 9.17) is 4.74 Å². The number of hydrogen-bond acceptors (Lipinski definition) is 4. The molecule has 23 heavy (non-hydrogen) atoms. The van der Waals surface area contributed by atoms with Gasteiger partial charge in [-0.25, -0.2) is 0 Å². The van der Waals surface area contributed by atoms with Crippen LogP contribution in [0, 0.1) is 10.1 Å². The topological polar surface area (TPSA) is 81.5 Å². The van der Waals surface area contributed by atoms with Gasteiger partial charge in [0.2, 0.25) is 0 Å². The van der Waals surface area contributed by atoms with Gasteiger partial charge in [0.05, 0.1) is 4.92 Å². The molecule has 3 rings (SSSR count). The van der Waals surface area contributed by atoms with E-state index >= 15 is 0 Å². The molecule has 1 fully saturated rings. The van der Waals surface area contributed by atoms with E-state index in [9.17, 15) is 14.9 Å². The van der Waals surface area contributed by atoms with Crippen molar-refractivity contribution in [2.24, 2.45) is 0 Å². The predicted molar refractivity (Wildman–Crippen MR) is 84.4 cm³/mol. The van der Waals surface area contributed by atoms with Crippen LogP contribution in [-0.4, -0.2) is 16.9 Å². The number of nitrogens with zero attached hydrogens (tertiary/aromatic N) is 1. The molecule has 1 saturated carbocycles. The summed E-state index contributed by atoms with van der Waals surface area (Å²) in [5.74, 6) is 0.452. The van der Waals surface area contributed by atoms with Crippen molar-refractivity contribution in [2.75, 3.05) is 0 Å². The normalized spacial score (nSPS) is 13.4. The minimum absolute atomic E-state index is 0.0312. The van der Waals surface area contributed by atoms with Gasteiger partial charge < -0.3 is 10.1 Å². The first kappa shape index (κ1) is 15.0. The Kier molecular flexibility index (Phi) is 4.23. The average Bonchev–Trinajstić information content (AvgIpc) is 3.37. The van der Waals surface area contributed by atoms with Crippen molar-refractivity contribution in [2.45, 2.75) is 25.5 Å². The summed E-state index contributed by atoms with van der Waals surface area (Å²) in [6, 6.07) is 13.5. The number of ether oxygens (including phenoxy) is 1. The first-order chi connectivity index (χ1) is 11.1. The fourth-order valence-electron chi connectivity index (χ4n) is 2.15. The number of nitro groups is 1. The predicted octanol–water partition coefficient (Wildman–Crippen LogP) is 3.07. The third kappa shape index (κ3) is 4.06. The Balaban J connectivity index is 1.64. The van der Waals surface area contributed by atoms with E-state index in [1.54, 1.807) is 36.4 Å². The zero-order valence-corrected chi connectivity index (χ0v) is 12.4. The second-order valence-electron chi connectivity index (χ2n) is 5.49. The maximum atomic E-state index is 12.0. The number of nitro benzene ring substituents is 1. The van der Waals surface area contributed by atoms with Crippen molar-refractivity contribution in [3.05, 3.63) is 69.8 Å². The van der Waals surface area contributed by atoms with Crippen molar-refractivity contribution >= 4 is 11.6 Å². The van der Waals surface area contributed by atoms with Gasteiger partial charge in [0, 0.05) is 23.7 Å². The molecule has 0 radical (unpaired) electrons. The van der Waals surface area contributed by atoms with Crippen LogP contribution in [0.15, 0.2) is 48.5 Å². The Hall–Kier alpha value is -2.89. The summed E-state index contributed by atoms with van der Waals surface area (Å²) in [6.07, 6.45) is 2.07. The highest BCUT2D eigenvalue weighted by atomic mass is 16.6. The lowest BCUT2D eigenvalue weighted by Crippen LogP contribution is -2.25. The van der Waals surface area contributed by atoms with E-state index in [1.165, 1.54) is 12.1 Å². The van der Waals surface area contributed by atoms with E-state index in [-0.39, 0.29) is 18.2 Å². The maximum Gasteiger partial charge on any atom is 0.269 e. The van der Waals surface area contributed by atoms with Crippen LogP contribution in [0.5, 0.6) is 5.75 Å². The third-order valence-electron chi connectivity index (χ3n) is 3.54. The first-order valence-electron chi connectivity index (χ1n) is 7.39. The van der Waals surface area contributed by atoms with Gasteiger partial charge in [-0.1, -0.05) is 18.2 Å². The van der Waals surface area contributed by atoms with Gasteiger partial charge in [-0.2, -0.15) is 0 Å². The molecule has 0 aliphatic heterocycles. The zero-order valence-electron chi connectivity index (χ0n) is 12.4. The highest BCUT2D eigenvalue weighted by Gasteiger charge is 2.23. The number of carbonyl (C=O) groups is 1. The highest BCUT2D eigenvalue weighted by molar-refractivity contribution is 5.94. The van der Waals surface area contributed by atoms with Gasteiger partial charge in [0.15, 0.2) is 0 Å². The molecule has 0 aromatic heterocycles. The van der Waals surface area contributed by atoms with Crippen LogP contribution < -0.4 is 10.1 Å². The summed E-state index contributed by atoms with van der Waals surface area (Å²) in [5.41, 5.74) is 1.28. The second-order valence-corrected chi connectivity index (χ2v) is 5.49. The lowest BCUT2D eigenvalue weighted by molar-refractivity contribution is -0.384. The lowest BCUT2D eigenvalue weighted by Gasteiger charge is -2.08. The van der Waals surface area contributed by atoms with Gasteiger partial charge in [0.25, 0.3) is 11.6 Å². The van der Waals surface area contributed by atoms with Crippen LogP contribution in [0.2, 0.25) is 0 Å². The van der Waals surface area contributed by atoms with Crippen molar-refractivity contribution in [3.63, 3.8) is 0 Å². The molecule has 2 aromatic rings. The van der Waals surface area contributed by atoms with E-state index < -0.39 is 4.92 Å². The number of amides is 1. The summed E-state index contributed by atoms with van der Waals surface area (Å²) in [4.78, 5) is 22.3. The summed E-state index contributed by atoms with van der Waals surface area (Å²) >= 11 is 0. The van der Waals surface area contributed by atoms with Crippen molar-refractivity contribution in [1.82, 2.24) is 5.32 Å². The number of carbonyl (C=O) groups excluding carboxylic acids is 1. The van der Waals surface area contributed by atoms with Crippen LogP contribution in [0.25, 0.3) is 0 Å². The Morgan fingerprint density at radius 1 is 1.22 bits per heavy atom. The van der Waals surface area contributed by atoms with Gasteiger partial charge in [-0.05, 0) is 36.6 Å². The Morgan fingerprint density at radius 2 is 2.00 bits per heavy atom. The van der Waals surface area contributed by atoms with Gasteiger partial charge in [-0.15, -0.1) is 0 Å². The third-order valence-corrected chi connectivity index (χ3v) is 3.54. The molecule has 1 amide bonds. The average molecular weight is 312 g/mol. The molecule has 2 aromatic carbocycles. The van der Waals surface area contributed by atoms with E-state index in [2.05, 4.69) is 5.32 Å². The number of benzene rings is 2. The number of hydrogen-bond donors (Lipinski definition) is 1. The Bertz CT molecular complexity index is 741. The van der Waals surface area contributed by atoms with Gasteiger partial charge in [0.1, 0.15) is 12.4 Å². The highest BCUT2D eigenvalue weighted by Crippen LogP contribution is 2.21. The van der Waals surface area contributed by atoms with Crippen LogP contribution in [-0.2, 0) is 6.61 Å². The molecule has 0 atom stereocenters. The van der Waals surface area contributed by atoms with Crippen molar-refractivity contribution in [3.8, 4) is 5.75 Å². The zero-order chi connectivity index (χ0) is 16.2. The van der Waals surface area contributed by atoms with E-state index in [1.807, 2.05) is 0 Å². The molecule has 1 aliphatic carbocycles. The number of rotatable bonds is 6. The summed E-state index contributed by atoms with van der Waals surface area (Å²) in [7, 11) is 0. The SMILES string of the molecule is O=C(NC1CC1)c1cccc(OCc2cccc([N+](=O)[O-])c2)c1. The van der Waals surface area contributed by atoms with Crippen LogP contribution in [0.4, 0.5) is 5.69 Å². The molecule has 118 valence electrons. The Labute approximate surface area is 133 Å². The molecule has 0 bridgehead atoms. The van der Waals surface area contributed by atoms with Crippen LogP contribution in [0.3, 0.4) is 0 Å². The number of non-ortho nitro benzene ring substituents is 1. The standard InChI is InChI=1S/C17H16N2O4/c20-17(18-14-7-8-14)13-4-2-6-16(10-13)23-11-12-3-1-5-15(9-12)19(21)22/h1-6,9-10,14H,7-8,11H2,(H,18,20). The second kappa shape index (κ2) is 6.48. The fraction of sp³-hybridized carbons (Fsp3) is 0.235. The fourth-order valence-corrected chi connectivity index (χ4v) is 2.15. The molecule has 0 heterocycles. The molecular weight excluding hydrogens is 296 g/mol. The van der Waals surface area contributed by atoms with E-state index in [0.717, 1.165) is 12.8 Å².